The minimum absolute atomic E-state index is 0.0596. The minimum atomic E-state index is -0.389. The van der Waals surface area contributed by atoms with Crippen LogP contribution in [0, 0.1) is 0 Å². The average Bonchev–Trinajstić information content (AvgIpc) is 2.78. The molecule has 3 N–H and O–H groups in total. The summed E-state index contributed by atoms with van der Waals surface area (Å²) in [7, 11) is 0. The van der Waals surface area contributed by atoms with Crippen molar-refractivity contribution in [2.75, 3.05) is 0 Å². The molecule has 5 nitrogen and oxygen atoms in total. The van der Waals surface area contributed by atoms with Crippen LogP contribution in [0.4, 0.5) is 0 Å². The minimum Gasteiger partial charge on any atom is -0.351 e. The smallest absolute Gasteiger partial charge is 0.237 e. The second-order valence-electron chi connectivity index (χ2n) is 4.42. The standard InChI is InChI=1S/C12H22N4O/c1-3-4-5-11(13)12(17)15-10(2)8-16-7-6-14-9-16/h6-7,9-11H,3-5,8,13H2,1-2H3,(H,15,17). The molecule has 1 amide bonds. The summed E-state index contributed by atoms with van der Waals surface area (Å²) in [6.07, 6.45) is 8.14. The molecule has 1 rings (SSSR count). The van der Waals surface area contributed by atoms with Gasteiger partial charge in [0.1, 0.15) is 0 Å². The molecule has 17 heavy (non-hydrogen) atoms. The van der Waals surface area contributed by atoms with Gasteiger partial charge in [0, 0.05) is 25.0 Å². The number of carbonyl (C=O) groups is 1. The molecule has 0 fully saturated rings. The van der Waals surface area contributed by atoms with E-state index in [1.54, 1.807) is 12.5 Å². The highest BCUT2D eigenvalue weighted by atomic mass is 16.2. The van der Waals surface area contributed by atoms with E-state index in [4.69, 9.17) is 5.73 Å². The summed E-state index contributed by atoms with van der Waals surface area (Å²) in [4.78, 5) is 15.7. The van der Waals surface area contributed by atoms with Crippen LogP contribution in [0.5, 0.6) is 0 Å². The molecule has 0 saturated carbocycles. The monoisotopic (exact) mass is 238 g/mol. The highest BCUT2D eigenvalue weighted by Gasteiger charge is 2.15. The van der Waals surface area contributed by atoms with Crippen LogP contribution in [0.25, 0.3) is 0 Å². The van der Waals surface area contributed by atoms with E-state index in [0.29, 0.717) is 6.54 Å². The van der Waals surface area contributed by atoms with Crippen LogP contribution in [0.1, 0.15) is 33.1 Å². The SMILES string of the molecule is CCCCC(N)C(=O)NC(C)Cn1ccnc1. The molecular weight excluding hydrogens is 216 g/mol. The van der Waals surface area contributed by atoms with Gasteiger partial charge in [-0.05, 0) is 13.3 Å². The fourth-order valence-corrected chi connectivity index (χ4v) is 1.66. The van der Waals surface area contributed by atoms with Crippen molar-refractivity contribution in [3.63, 3.8) is 0 Å². The van der Waals surface area contributed by atoms with E-state index < -0.39 is 0 Å². The van der Waals surface area contributed by atoms with Gasteiger partial charge in [0.2, 0.25) is 5.91 Å². The number of carbonyl (C=O) groups excluding carboxylic acids is 1. The van der Waals surface area contributed by atoms with Crippen LogP contribution < -0.4 is 11.1 Å². The van der Waals surface area contributed by atoms with Gasteiger partial charge < -0.3 is 15.6 Å². The van der Waals surface area contributed by atoms with E-state index in [-0.39, 0.29) is 18.0 Å². The third kappa shape index (κ3) is 4.99. The Morgan fingerprint density at radius 1 is 1.59 bits per heavy atom. The zero-order chi connectivity index (χ0) is 12.7. The molecule has 0 aromatic carbocycles. The van der Waals surface area contributed by atoms with Gasteiger partial charge in [0.25, 0.3) is 0 Å². The molecule has 0 aliphatic heterocycles. The van der Waals surface area contributed by atoms with Crippen LogP contribution in [-0.4, -0.2) is 27.5 Å². The molecule has 1 aromatic heterocycles. The quantitative estimate of drug-likeness (QED) is 0.741. The maximum absolute atomic E-state index is 11.7. The maximum Gasteiger partial charge on any atom is 0.237 e. The molecule has 96 valence electrons. The van der Waals surface area contributed by atoms with E-state index in [2.05, 4.69) is 17.2 Å². The Hall–Kier alpha value is -1.36. The molecule has 0 saturated heterocycles. The van der Waals surface area contributed by atoms with Crippen molar-refractivity contribution in [3.8, 4) is 0 Å². The molecule has 2 unspecified atom stereocenters. The molecule has 0 aliphatic rings. The van der Waals surface area contributed by atoms with Gasteiger partial charge in [0.15, 0.2) is 0 Å². The molecule has 2 atom stereocenters. The number of nitrogens with zero attached hydrogens (tertiary/aromatic N) is 2. The van der Waals surface area contributed by atoms with Gasteiger partial charge in [-0.2, -0.15) is 0 Å². The van der Waals surface area contributed by atoms with E-state index in [1.807, 2.05) is 17.7 Å². The summed E-state index contributed by atoms with van der Waals surface area (Å²) < 4.78 is 1.93. The Morgan fingerprint density at radius 3 is 2.94 bits per heavy atom. The number of unbranched alkanes of at least 4 members (excludes halogenated alkanes) is 1. The summed E-state index contributed by atoms with van der Waals surface area (Å²) in [5.74, 6) is -0.0638. The van der Waals surface area contributed by atoms with Crippen molar-refractivity contribution in [2.24, 2.45) is 5.73 Å². The lowest BCUT2D eigenvalue weighted by molar-refractivity contribution is -0.123. The second kappa shape index (κ2) is 7.06. The Labute approximate surface area is 102 Å². The number of hydrogen-bond acceptors (Lipinski definition) is 3. The Kier molecular flexibility index (Phi) is 5.69. The third-order valence-corrected chi connectivity index (χ3v) is 2.64. The zero-order valence-corrected chi connectivity index (χ0v) is 10.6. The summed E-state index contributed by atoms with van der Waals surface area (Å²) in [5.41, 5.74) is 5.79. The summed E-state index contributed by atoms with van der Waals surface area (Å²) in [6.45, 7) is 4.77. The first-order valence-electron chi connectivity index (χ1n) is 6.15. The largest absolute Gasteiger partial charge is 0.351 e. The first-order chi connectivity index (χ1) is 8.13. The number of aromatic nitrogens is 2. The molecule has 0 spiro atoms. The molecule has 1 aromatic rings. The summed E-state index contributed by atoms with van der Waals surface area (Å²) >= 11 is 0. The molecular formula is C12H22N4O. The summed E-state index contributed by atoms with van der Waals surface area (Å²) in [5, 5.41) is 2.91. The van der Waals surface area contributed by atoms with Crippen molar-refractivity contribution in [3.05, 3.63) is 18.7 Å². The number of nitrogens with two attached hydrogens (primary N) is 1. The molecule has 0 bridgehead atoms. The van der Waals surface area contributed by atoms with Crippen LogP contribution in [0.15, 0.2) is 18.7 Å². The van der Waals surface area contributed by atoms with Gasteiger partial charge in [-0.1, -0.05) is 19.8 Å². The fraction of sp³-hybridized carbons (Fsp3) is 0.667. The highest BCUT2D eigenvalue weighted by molar-refractivity contribution is 5.81. The van der Waals surface area contributed by atoms with Crippen molar-refractivity contribution in [2.45, 2.75) is 51.7 Å². The number of nitrogens with one attached hydrogen (secondary N) is 1. The number of hydrogen-bond donors (Lipinski definition) is 2. The van der Waals surface area contributed by atoms with Crippen LogP contribution >= 0.6 is 0 Å². The van der Waals surface area contributed by atoms with E-state index in [0.717, 1.165) is 19.3 Å². The van der Waals surface area contributed by atoms with Gasteiger partial charge in [0.05, 0.1) is 12.4 Å². The van der Waals surface area contributed by atoms with Crippen LogP contribution in [0.2, 0.25) is 0 Å². The average molecular weight is 238 g/mol. The van der Waals surface area contributed by atoms with Crippen molar-refractivity contribution >= 4 is 5.91 Å². The predicted octanol–water partition coefficient (Wildman–Crippen LogP) is 0.905. The molecule has 1 heterocycles. The number of imidazole rings is 1. The van der Waals surface area contributed by atoms with E-state index >= 15 is 0 Å². The fourth-order valence-electron chi connectivity index (χ4n) is 1.66. The van der Waals surface area contributed by atoms with Gasteiger partial charge in [-0.3, -0.25) is 4.79 Å². The lowest BCUT2D eigenvalue weighted by Gasteiger charge is -2.17. The first kappa shape index (κ1) is 13.7. The Morgan fingerprint density at radius 2 is 2.35 bits per heavy atom. The topological polar surface area (TPSA) is 72.9 Å². The normalized spacial score (nSPS) is 14.3. The molecule has 0 radical (unpaired) electrons. The first-order valence-corrected chi connectivity index (χ1v) is 6.15. The van der Waals surface area contributed by atoms with Crippen molar-refractivity contribution in [1.29, 1.82) is 0 Å². The number of rotatable bonds is 7. The van der Waals surface area contributed by atoms with E-state index in [9.17, 15) is 4.79 Å². The van der Waals surface area contributed by atoms with Gasteiger partial charge in [-0.15, -0.1) is 0 Å². The highest BCUT2D eigenvalue weighted by Crippen LogP contribution is 1.99. The van der Waals surface area contributed by atoms with E-state index in [1.165, 1.54) is 0 Å². The maximum atomic E-state index is 11.7. The van der Waals surface area contributed by atoms with Crippen molar-refractivity contribution in [1.82, 2.24) is 14.9 Å². The Balaban J connectivity index is 2.30. The molecule has 5 heteroatoms. The lowest BCUT2D eigenvalue weighted by atomic mass is 10.1. The third-order valence-electron chi connectivity index (χ3n) is 2.64. The Bertz CT molecular complexity index is 323. The van der Waals surface area contributed by atoms with Gasteiger partial charge in [-0.25, -0.2) is 4.98 Å². The van der Waals surface area contributed by atoms with Crippen LogP contribution in [-0.2, 0) is 11.3 Å². The van der Waals surface area contributed by atoms with Crippen molar-refractivity contribution < 1.29 is 4.79 Å². The lowest BCUT2D eigenvalue weighted by Crippen LogP contribution is -2.45. The molecule has 0 aliphatic carbocycles. The second-order valence-corrected chi connectivity index (χ2v) is 4.42. The zero-order valence-electron chi connectivity index (χ0n) is 10.6. The van der Waals surface area contributed by atoms with Gasteiger partial charge >= 0.3 is 0 Å². The predicted molar refractivity (Wildman–Crippen MR) is 67.3 cm³/mol. The number of amides is 1. The summed E-state index contributed by atoms with van der Waals surface area (Å²) in [6, 6.07) is -0.329. The van der Waals surface area contributed by atoms with Crippen LogP contribution in [0.3, 0.4) is 0 Å².